The minimum atomic E-state index is -0.226. The quantitative estimate of drug-likeness (QED) is 0.449. The zero-order chi connectivity index (χ0) is 15.0. The van der Waals surface area contributed by atoms with Crippen molar-refractivity contribution < 1.29 is 4.74 Å². The maximum Gasteiger partial charge on any atom is 0.213 e. The molecule has 120 valence electrons. The Bertz CT molecular complexity index is 418. The van der Waals surface area contributed by atoms with Crippen LogP contribution in [0.2, 0.25) is 0 Å². The molecular formula is C15H27IN4O. The number of ether oxygens (including phenoxy) is 1. The molecule has 5 nitrogen and oxygen atoms in total. The second-order valence-corrected chi connectivity index (χ2v) is 5.44. The molecule has 0 aliphatic carbocycles. The first-order chi connectivity index (χ1) is 9.44. The van der Waals surface area contributed by atoms with Crippen molar-refractivity contribution in [3.8, 4) is 5.88 Å². The van der Waals surface area contributed by atoms with E-state index in [9.17, 15) is 0 Å². The molecule has 1 heterocycles. The molecule has 6 heteroatoms. The van der Waals surface area contributed by atoms with Gasteiger partial charge in [-0.3, -0.25) is 0 Å². The molecule has 0 aromatic carbocycles. The lowest BCUT2D eigenvalue weighted by atomic mass is 10.2. The van der Waals surface area contributed by atoms with Crippen LogP contribution in [0.1, 0.15) is 40.2 Å². The molecule has 0 saturated heterocycles. The van der Waals surface area contributed by atoms with Crippen molar-refractivity contribution in [2.24, 2.45) is 4.99 Å². The third-order valence-electron chi connectivity index (χ3n) is 2.32. The topological polar surface area (TPSA) is 58.5 Å². The summed E-state index contributed by atoms with van der Waals surface area (Å²) in [5.74, 6) is 1.47. The maximum absolute atomic E-state index is 5.69. The second kappa shape index (κ2) is 9.81. The molecule has 0 aliphatic rings. The van der Waals surface area contributed by atoms with Crippen LogP contribution in [0.5, 0.6) is 5.88 Å². The second-order valence-electron chi connectivity index (χ2n) is 5.44. The number of halogens is 1. The molecule has 2 N–H and O–H groups in total. The average molecular weight is 406 g/mol. The van der Waals surface area contributed by atoms with Crippen molar-refractivity contribution in [3.05, 3.63) is 23.9 Å². The van der Waals surface area contributed by atoms with Crippen molar-refractivity contribution in [1.82, 2.24) is 15.6 Å². The summed E-state index contributed by atoms with van der Waals surface area (Å²) in [6.07, 6.45) is 1.81. The normalized spacial score (nSPS) is 10.3. The highest BCUT2D eigenvalue weighted by molar-refractivity contribution is 14.0. The van der Waals surface area contributed by atoms with Gasteiger partial charge in [-0.25, -0.2) is 9.98 Å². The molecule has 1 aromatic rings. The predicted octanol–water partition coefficient (Wildman–Crippen LogP) is 2.95. The fourth-order valence-corrected chi connectivity index (χ4v) is 1.56. The number of guanidine groups is 1. The van der Waals surface area contributed by atoms with Gasteiger partial charge in [0.05, 0.1) is 6.54 Å². The molecule has 1 rings (SSSR count). The first-order valence-electron chi connectivity index (χ1n) is 7.10. The summed E-state index contributed by atoms with van der Waals surface area (Å²) in [5.41, 5.74) is 0.829. The van der Waals surface area contributed by atoms with Gasteiger partial charge >= 0.3 is 0 Å². The fraction of sp³-hybridized carbons (Fsp3) is 0.600. The smallest absolute Gasteiger partial charge is 0.213 e. The van der Waals surface area contributed by atoms with E-state index < -0.39 is 0 Å². The van der Waals surface area contributed by atoms with Crippen LogP contribution in [0.25, 0.3) is 0 Å². The Morgan fingerprint density at radius 1 is 1.19 bits per heavy atom. The summed E-state index contributed by atoms with van der Waals surface area (Å²) in [4.78, 5) is 8.79. The Kier molecular flexibility index (Phi) is 9.32. The van der Waals surface area contributed by atoms with Gasteiger partial charge in [-0.15, -0.1) is 24.0 Å². The Morgan fingerprint density at radius 2 is 1.81 bits per heavy atom. The molecular weight excluding hydrogens is 379 g/mol. The number of rotatable bonds is 5. The van der Waals surface area contributed by atoms with Crippen LogP contribution in [0.3, 0.4) is 0 Å². The zero-order valence-electron chi connectivity index (χ0n) is 13.6. The largest absolute Gasteiger partial charge is 0.472 e. The van der Waals surface area contributed by atoms with E-state index in [1.807, 2.05) is 46.8 Å². The Labute approximate surface area is 145 Å². The van der Waals surface area contributed by atoms with E-state index in [-0.39, 0.29) is 29.6 Å². The number of nitrogens with one attached hydrogen (secondary N) is 2. The van der Waals surface area contributed by atoms with Gasteiger partial charge in [-0.1, -0.05) is 6.07 Å². The SMILES string of the molecule is CCNC(=NCc1ccc(OC(C)(C)C)nc1)NCC.I. The molecule has 21 heavy (non-hydrogen) atoms. The first kappa shape index (κ1) is 19.9. The highest BCUT2D eigenvalue weighted by atomic mass is 127. The van der Waals surface area contributed by atoms with Crippen molar-refractivity contribution >= 4 is 29.9 Å². The summed E-state index contributed by atoms with van der Waals surface area (Å²) >= 11 is 0. The molecule has 0 bridgehead atoms. The summed E-state index contributed by atoms with van der Waals surface area (Å²) in [7, 11) is 0. The van der Waals surface area contributed by atoms with Crippen molar-refractivity contribution in [1.29, 1.82) is 0 Å². The van der Waals surface area contributed by atoms with Crippen LogP contribution in [-0.2, 0) is 6.54 Å². The molecule has 1 aromatic heterocycles. The van der Waals surface area contributed by atoms with Gasteiger partial charge in [-0.05, 0) is 40.2 Å². The number of aromatic nitrogens is 1. The third-order valence-corrected chi connectivity index (χ3v) is 2.32. The van der Waals surface area contributed by atoms with Gasteiger partial charge < -0.3 is 15.4 Å². The number of hydrogen-bond acceptors (Lipinski definition) is 3. The van der Waals surface area contributed by atoms with Crippen LogP contribution in [-0.4, -0.2) is 29.6 Å². The number of nitrogens with zero attached hydrogens (tertiary/aromatic N) is 2. The fourth-order valence-electron chi connectivity index (χ4n) is 1.56. The zero-order valence-corrected chi connectivity index (χ0v) is 15.9. The molecule has 0 atom stereocenters. The van der Waals surface area contributed by atoms with Gasteiger partial charge in [0.1, 0.15) is 5.60 Å². The highest BCUT2D eigenvalue weighted by Crippen LogP contribution is 2.15. The lowest BCUT2D eigenvalue weighted by molar-refractivity contribution is 0.124. The standard InChI is InChI=1S/C15H26N4O.HI/c1-6-16-14(17-7-2)19-11-12-8-9-13(18-10-12)20-15(3,4)5;/h8-10H,6-7,11H2,1-5H3,(H2,16,17,19);1H. The molecule has 0 amide bonds. The van der Waals surface area contributed by atoms with E-state index in [2.05, 4.69) is 20.6 Å². The number of hydrogen-bond donors (Lipinski definition) is 2. The van der Waals surface area contributed by atoms with Crippen LogP contribution in [0.15, 0.2) is 23.3 Å². The van der Waals surface area contributed by atoms with Crippen LogP contribution in [0.4, 0.5) is 0 Å². The van der Waals surface area contributed by atoms with Crippen LogP contribution >= 0.6 is 24.0 Å². The van der Waals surface area contributed by atoms with Crippen LogP contribution in [0, 0.1) is 0 Å². The van der Waals surface area contributed by atoms with E-state index in [1.165, 1.54) is 0 Å². The van der Waals surface area contributed by atoms with E-state index in [1.54, 1.807) is 6.20 Å². The van der Waals surface area contributed by atoms with Crippen molar-refractivity contribution in [3.63, 3.8) is 0 Å². The number of aliphatic imine (C=N–C) groups is 1. The molecule has 0 unspecified atom stereocenters. The summed E-state index contributed by atoms with van der Waals surface area (Å²) in [5, 5.41) is 6.38. The Hall–Kier alpha value is -1.05. The van der Waals surface area contributed by atoms with Gasteiger partial charge in [0.2, 0.25) is 5.88 Å². The predicted molar refractivity (Wildman–Crippen MR) is 98.5 cm³/mol. The third kappa shape index (κ3) is 8.75. The van der Waals surface area contributed by atoms with Crippen LogP contribution < -0.4 is 15.4 Å². The Balaban J connectivity index is 0.00000400. The monoisotopic (exact) mass is 406 g/mol. The molecule has 0 aliphatic heterocycles. The molecule has 0 fully saturated rings. The molecule has 0 radical (unpaired) electrons. The lowest BCUT2D eigenvalue weighted by Gasteiger charge is -2.20. The summed E-state index contributed by atoms with van der Waals surface area (Å²) < 4.78 is 5.69. The molecule has 0 spiro atoms. The van der Waals surface area contributed by atoms with Gasteiger partial charge in [0.25, 0.3) is 0 Å². The van der Waals surface area contributed by atoms with E-state index >= 15 is 0 Å². The maximum atomic E-state index is 5.69. The highest BCUT2D eigenvalue weighted by Gasteiger charge is 2.12. The van der Waals surface area contributed by atoms with Gasteiger partial charge in [0.15, 0.2) is 5.96 Å². The Morgan fingerprint density at radius 3 is 2.24 bits per heavy atom. The van der Waals surface area contributed by atoms with Gasteiger partial charge in [0, 0.05) is 25.4 Å². The minimum absolute atomic E-state index is 0. The summed E-state index contributed by atoms with van der Waals surface area (Å²) in [6.45, 7) is 12.4. The minimum Gasteiger partial charge on any atom is -0.472 e. The van der Waals surface area contributed by atoms with Gasteiger partial charge in [-0.2, -0.15) is 0 Å². The van der Waals surface area contributed by atoms with E-state index in [0.29, 0.717) is 12.4 Å². The molecule has 0 saturated carbocycles. The lowest BCUT2D eigenvalue weighted by Crippen LogP contribution is -2.36. The summed E-state index contributed by atoms with van der Waals surface area (Å²) in [6, 6.07) is 3.88. The van der Waals surface area contributed by atoms with Crippen molar-refractivity contribution in [2.45, 2.75) is 46.8 Å². The first-order valence-corrected chi connectivity index (χ1v) is 7.10. The van der Waals surface area contributed by atoms with Crippen molar-refractivity contribution in [2.75, 3.05) is 13.1 Å². The average Bonchev–Trinajstić information content (AvgIpc) is 2.36. The van der Waals surface area contributed by atoms with E-state index in [0.717, 1.165) is 24.6 Å². The van der Waals surface area contributed by atoms with E-state index in [4.69, 9.17) is 4.74 Å². The number of pyridine rings is 1.